The van der Waals surface area contributed by atoms with Gasteiger partial charge in [0.15, 0.2) is 0 Å². The van der Waals surface area contributed by atoms with E-state index in [1.54, 1.807) is 42.5 Å². The smallest absolute Gasteiger partial charge is 0.307 e. The highest BCUT2D eigenvalue weighted by molar-refractivity contribution is 6.37. The van der Waals surface area contributed by atoms with Crippen molar-refractivity contribution in [2.45, 2.75) is 6.42 Å². The van der Waals surface area contributed by atoms with Crippen molar-refractivity contribution in [2.24, 2.45) is 0 Å². The molecule has 0 bridgehead atoms. The van der Waals surface area contributed by atoms with Crippen molar-refractivity contribution >= 4 is 40.8 Å². The highest BCUT2D eigenvalue weighted by atomic mass is 35.5. The topological polar surface area (TPSA) is 109 Å². The standard InChI is InChI=1S/C29H21ClN2O5/c1-37-25-11-6-16(12-19(25)14-26(34)35)13-21-28-23(31-29(21)36)15-22(30)27(32-28)18-9-7-17(8-10-18)20-4-2-3-5-24(20)33/h2-13,15,33H,14H2,1H3,(H,31,36)(H,34,35)/b21-13-. The number of carboxylic acids is 1. The van der Waals surface area contributed by atoms with Crippen LogP contribution < -0.4 is 10.1 Å². The van der Waals surface area contributed by atoms with E-state index >= 15 is 0 Å². The summed E-state index contributed by atoms with van der Waals surface area (Å²) in [5, 5.41) is 22.5. The SMILES string of the molecule is COc1ccc(/C=C2\C(=O)Nc3cc(Cl)c(-c4ccc(-c5ccccc5O)cc4)nc32)cc1CC(=O)O. The number of phenolic OH excluding ortho intramolecular Hbond substituents is 1. The summed E-state index contributed by atoms with van der Waals surface area (Å²) < 4.78 is 5.27. The van der Waals surface area contributed by atoms with E-state index in [-0.39, 0.29) is 18.1 Å². The third-order valence-corrected chi connectivity index (χ3v) is 6.34. The molecule has 0 saturated carbocycles. The molecule has 3 aromatic carbocycles. The van der Waals surface area contributed by atoms with Gasteiger partial charge < -0.3 is 20.3 Å². The number of nitrogens with one attached hydrogen (secondary N) is 1. The number of nitrogens with zero attached hydrogens (tertiary/aromatic N) is 1. The molecule has 1 amide bonds. The molecule has 7 nitrogen and oxygen atoms in total. The van der Waals surface area contributed by atoms with E-state index in [1.807, 2.05) is 36.4 Å². The molecule has 0 spiro atoms. The van der Waals surface area contributed by atoms with Crippen molar-refractivity contribution in [1.82, 2.24) is 4.98 Å². The summed E-state index contributed by atoms with van der Waals surface area (Å²) in [6, 6.07) is 21.3. The number of aliphatic carboxylic acids is 1. The summed E-state index contributed by atoms with van der Waals surface area (Å²) >= 11 is 6.54. The Morgan fingerprint density at radius 1 is 1.03 bits per heavy atom. The van der Waals surface area contributed by atoms with Gasteiger partial charge in [-0.2, -0.15) is 0 Å². The molecule has 4 aromatic rings. The summed E-state index contributed by atoms with van der Waals surface area (Å²) in [6.45, 7) is 0. The van der Waals surface area contributed by atoms with E-state index in [4.69, 9.17) is 21.3 Å². The van der Waals surface area contributed by atoms with Gasteiger partial charge in [0, 0.05) is 16.7 Å². The molecule has 2 heterocycles. The zero-order valence-corrected chi connectivity index (χ0v) is 20.4. The number of ether oxygens (including phenoxy) is 1. The number of aromatic nitrogens is 1. The summed E-state index contributed by atoms with van der Waals surface area (Å²) in [6.07, 6.45) is 1.45. The molecule has 0 unspecified atom stereocenters. The Kier molecular flexibility index (Phi) is 6.38. The number of halogens is 1. The van der Waals surface area contributed by atoms with Crippen LogP contribution in [0.25, 0.3) is 34.0 Å². The molecule has 1 aliphatic heterocycles. The van der Waals surface area contributed by atoms with Gasteiger partial charge in [0.1, 0.15) is 17.2 Å². The summed E-state index contributed by atoms with van der Waals surface area (Å²) in [4.78, 5) is 28.8. The summed E-state index contributed by atoms with van der Waals surface area (Å²) in [7, 11) is 1.48. The lowest BCUT2D eigenvalue weighted by Gasteiger charge is -2.10. The highest BCUT2D eigenvalue weighted by Crippen LogP contribution is 2.39. The van der Waals surface area contributed by atoms with Crippen molar-refractivity contribution < 1.29 is 24.5 Å². The second-order valence-electron chi connectivity index (χ2n) is 8.46. The molecule has 0 saturated heterocycles. The minimum absolute atomic E-state index is 0.188. The van der Waals surface area contributed by atoms with Gasteiger partial charge in [-0.25, -0.2) is 4.98 Å². The number of carbonyl (C=O) groups excluding carboxylic acids is 1. The van der Waals surface area contributed by atoms with Gasteiger partial charge in [-0.3, -0.25) is 9.59 Å². The Balaban J connectivity index is 1.53. The fourth-order valence-corrected chi connectivity index (χ4v) is 4.56. The lowest BCUT2D eigenvalue weighted by Crippen LogP contribution is -2.04. The van der Waals surface area contributed by atoms with E-state index in [0.29, 0.717) is 50.1 Å². The Bertz CT molecular complexity index is 1580. The normalized spacial score (nSPS) is 13.4. The number of rotatable bonds is 6. The van der Waals surface area contributed by atoms with E-state index in [1.165, 1.54) is 7.11 Å². The van der Waals surface area contributed by atoms with E-state index in [2.05, 4.69) is 5.32 Å². The lowest BCUT2D eigenvalue weighted by molar-refractivity contribution is -0.136. The molecular formula is C29H21ClN2O5. The van der Waals surface area contributed by atoms with Gasteiger partial charge in [0.25, 0.3) is 5.91 Å². The number of aromatic hydroxyl groups is 1. The molecule has 5 rings (SSSR count). The van der Waals surface area contributed by atoms with E-state index in [9.17, 15) is 19.8 Å². The maximum absolute atomic E-state index is 12.8. The van der Waals surface area contributed by atoms with Crippen LogP contribution in [0.1, 0.15) is 16.8 Å². The summed E-state index contributed by atoms with van der Waals surface area (Å²) in [5.41, 5.74) is 5.23. The number of anilines is 1. The third kappa shape index (κ3) is 4.77. The van der Waals surface area contributed by atoms with Crippen molar-refractivity contribution in [2.75, 3.05) is 12.4 Å². The van der Waals surface area contributed by atoms with Gasteiger partial charge in [-0.1, -0.05) is 60.1 Å². The highest BCUT2D eigenvalue weighted by Gasteiger charge is 2.28. The van der Waals surface area contributed by atoms with Gasteiger partial charge in [0.2, 0.25) is 0 Å². The molecule has 184 valence electrons. The minimum Gasteiger partial charge on any atom is -0.507 e. The molecule has 1 aliphatic rings. The number of methoxy groups -OCH3 is 1. The van der Waals surface area contributed by atoms with Gasteiger partial charge in [-0.05, 0) is 41.5 Å². The van der Waals surface area contributed by atoms with E-state index in [0.717, 1.165) is 11.1 Å². The quantitative estimate of drug-likeness (QED) is 0.277. The largest absolute Gasteiger partial charge is 0.507 e. The van der Waals surface area contributed by atoms with Crippen molar-refractivity contribution in [3.63, 3.8) is 0 Å². The van der Waals surface area contributed by atoms with Gasteiger partial charge in [0.05, 0.1) is 35.5 Å². The van der Waals surface area contributed by atoms with Gasteiger partial charge in [-0.15, -0.1) is 0 Å². The van der Waals surface area contributed by atoms with Crippen LogP contribution >= 0.6 is 11.6 Å². The molecule has 0 fully saturated rings. The Labute approximate surface area is 217 Å². The molecule has 0 radical (unpaired) electrons. The van der Waals surface area contributed by atoms with E-state index < -0.39 is 5.97 Å². The molecule has 3 N–H and O–H groups in total. The van der Waals surface area contributed by atoms with Crippen LogP contribution in [0, 0.1) is 0 Å². The summed E-state index contributed by atoms with van der Waals surface area (Å²) in [5.74, 6) is -0.670. The number of fused-ring (bicyclic) bond motifs is 1. The van der Waals surface area contributed by atoms with Crippen LogP contribution in [0.15, 0.2) is 72.8 Å². The van der Waals surface area contributed by atoms with Crippen molar-refractivity contribution in [1.29, 1.82) is 0 Å². The molecular weight excluding hydrogens is 492 g/mol. The zero-order valence-electron chi connectivity index (χ0n) is 19.7. The molecule has 1 aromatic heterocycles. The molecule has 0 atom stereocenters. The van der Waals surface area contributed by atoms with Crippen molar-refractivity contribution in [3.05, 3.63) is 94.6 Å². The van der Waals surface area contributed by atoms with Crippen LogP contribution in [-0.2, 0) is 16.0 Å². The fourth-order valence-electron chi connectivity index (χ4n) is 4.30. The first-order valence-electron chi connectivity index (χ1n) is 11.4. The number of phenols is 1. The van der Waals surface area contributed by atoms with Crippen LogP contribution in [0.3, 0.4) is 0 Å². The second kappa shape index (κ2) is 9.79. The van der Waals surface area contributed by atoms with Crippen molar-refractivity contribution in [3.8, 4) is 33.9 Å². The molecule has 0 aliphatic carbocycles. The molecule has 37 heavy (non-hydrogen) atoms. The Hall–Kier alpha value is -4.62. The maximum Gasteiger partial charge on any atom is 0.307 e. The van der Waals surface area contributed by atoms with Crippen LogP contribution in [0.2, 0.25) is 5.02 Å². The van der Waals surface area contributed by atoms with Gasteiger partial charge >= 0.3 is 5.97 Å². The monoisotopic (exact) mass is 512 g/mol. The fraction of sp³-hybridized carbons (Fsp3) is 0.0690. The number of amides is 1. The zero-order chi connectivity index (χ0) is 26.1. The third-order valence-electron chi connectivity index (χ3n) is 6.05. The lowest BCUT2D eigenvalue weighted by atomic mass is 10.0. The molecule has 8 heteroatoms. The number of pyridine rings is 1. The number of hydrogen-bond acceptors (Lipinski definition) is 5. The first kappa shape index (κ1) is 24.1. The first-order valence-corrected chi connectivity index (χ1v) is 11.7. The number of benzene rings is 3. The number of para-hydroxylation sites is 1. The van der Waals surface area contributed by atoms with Crippen LogP contribution in [0.4, 0.5) is 5.69 Å². The second-order valence-corrected chi connectivity index (χ2v) is 8.87. The Morgan fingerprint density at radius 2 is 1.76 bits per heavy atom. The Morgan fingerprint density at radius 3 is 2.46 bits per heavy atom. The maximum atomic E-state index is 12.8. The van der Waals surface area contributed by atoms with Crippen LogP contribution in [0.5, 0.6) is 11.5 Å². The first-order chi connectivity index (χ1) is 17.8. The number of carbonyl (C=O) groups is 2. The number of carboxylic acid groups (broad SMARTS) is 1. The predicted molar refractivity (Wildman–Crippen MR) is 143 cm³/mol. The average Bonchev–Trinajstić information content (AvgIpc) is 3.17. The number of hydrogen-bond donors (Lipinski definition) is 3. The van der Waals surface area contributed by atoms with Crippen LogP contribution in [-0.4, -0.2) is 34.2 Å². The minimum atomic E-state index is -0.985. The predicted octanol–water partition coefficient (Wildman–Crippen LogP) is 5.90. The average molecular weight is 513 g/mol.